The van der Waals surface area contributed by atoms with Crippen LogP contribution in [0.1, 0.15) is 31.4 Å². The highest BCUT2D eigenvalue weighted by Gasteiger charge is 2.12. The van der Waals surface area contributed by atoms with Gasteiger partial charge < -0.3 is 0 Å². The van der Waals surface area contributed by atoms with Crippen LogP contribution in [0.25, 0.3) is 0 Å². The molecule has 0 fully saturated rings. The molecule has 0 aromatic heterocycles. The first-order valence-corrected chi connectivity index (χ1v) is 6.24. The highest BCUT2D eigenvalue weighted by atomic mass is 79.9. The van der Waals surface area contributed by atoms with Gasteiger partial charge in [-0.1, -0.05) is 66.0 Å². The van der Waals surface area contributed by atoms with Crippen molar-refractivity contribution in [3.8, 4) is 0 Å². The molecule has 1 aromatic carbocycles. The fourth-order valence-corrected chi connectivity index (χ4v) is 2.15. The van der Waals surface area contributed by atoms with Crippen molar-refractivity contribution in [3.63, 3.8) is 0 Å². The number of aryl methyl sites for hydroxylation is 1. The Hall–Kier alpha value is -0.300. The summed E-state index contributed by atoms with van der Waals surface area (Å²) in [7, 11) is 0. The minimum atomic E-state index is 0.607. The minimum absolute atomic E-state index is 0.607. The number of alkyl halides is 1. The van der Waals surface area contributed by atoms with Gasteiger partial charge in [-0.3, -0.25) is 0 Å². The van der Waals surface area contributed by atoms with E-state index >= 15 is 0 Å². The summed E-state index contributed by atoms with van der Waals surface area (Å²) in [5.41, 5.74) is 2.76. The lowest BCUT2D eigenvalue weighted by Gasteiger charge is -2.16. The van der Waals surface area contributed by atoms with E-state index in [2.05, 4.69) is 61.0 Å². The summed E-state index contributed by atoms with van der Waals surface area (Å²) in [6, 6.07) is 8.83. The molecular weight excluding hydrogens is 236 g/mol. The first-order valence-electron chi connectivity index (χ1n) is 5.33. The van der Waals surface area contributed by atoms with Crippen LogP contribution in [0.4, 0.5) is 0 Å². The van der Waals surface area contributed by atoms with Crippen molar-refractivity contribution in [1.82, 2.24) is 0 Å². The molecule has 0 spiro atoms. The van der Waals surface area contributed by atoms with Gasteiger partial charge in [0.15, 0.2) is 0 Å². The molecule has 1 rings (SSSR count). The third kappa shape index (κ3) is 3.45. The zero-order valence-corrected chi connectivity index (χ0v) is 10.8. The maximum Gasteiger partial charge on any atom is 0.0211 e. The number of benzene rings is 1. The Kier molecular flexibility index (Phi) is 4.67. The molecule has 0 saturated carbocycles. The Morgan fingerprint density at radius 1 is 1.21 bits per heavy atom. The van der Waals surface area contributed by atoms with E-state index in [1.807, 2.05) is 0 Å². The monoisotopic (exact) mass is 254 g/mol. The highest BCUT2D eigenvalue weighted by Crippen LogP contribution is 2.20. The predicted octanol–water partition coefficient (Wildman–Crippen LogP) is 4.35. The van der Waals surface area contributed by atoms with E-state index < -0.39 is 0 Å². The Morgan fingerprint density at radius 3 is 2.29 bits per heavy atom. The van der Waals surface area contributed by atoms with Crippen LogP contribution < -0.4 is 0 Å². The third-order valence-corrected chi connectivity index (χ3v) is 4.04. The molecule has 2 atom stereocenters. The van der Waals surface area contributed by atoms with Crippen LogP contribution in [-0.2, 0) is 6.42 Å². The first-order chi connectivity index (χ1) is 6.63. The molecule has 0 nitrogen and oxygen atoms in total. The summed E-state index contributed by atoms with van der Waals surface area (Å²) in [5, 5.41) is 0. The first kappa shape index (κ1) is 11.8. The highest BCUT2D eigenvalue weighted by molar-refractivity contribution is 9.09. The van der Waals surface area contributed by atoms with E-state index in [1.165, 1.54) is 17.5 Å². The average Bonchev–Trinajstić information content (AvgIpc) is 2.20. The molecule has 0 heterocycles. The quantitative estimate of drug-likeness (QED) is 0.702. The number of hydrogen-bond donors (Lipinski definition) is 0. The second-order valence-corrected chi connectivity index (χ2v) is 5.27. The molecule has 0 aliphatic carbocycles. The molecule has 0 saturated heterocycles. The van der Waals surface area contributed by atoms with Gasteiger partial charge in [-0.15, -0.1) is 0 Å². The van der Waals surface area contributed by atoms with Gasteiger partial charge in [-0.25, -0.2) is 0 Å². The normalized spacial score (nSPS) is 15.1. The van der Waals surface area contributed by atoms with E-state index in [0.717, 1.165) is 12.3 Å². The molecule has 1 aromatic rings. The van der Waals surface area contributed by atoms with E-state index in [9.17, 15) is 0 Å². The van der Waals surface area contributed by atoms with Crippen LogP contribution in [0.3, 0.4) is 0 Å². The van der Waals surface area contributed by atoms with Crippen LogP contribution in [0, 0.1) is 12.8 Å². The molecule has 14 heavy (non-hydrogen) atoms. The van der Waals surface area contributed by atoms with Crippen molar-refractivity contribution in [3.05, 3.63) is 35.4 Å². The number of hydrogen-bond acceptors (Lipinski definition) is 0. The maximum atomic E-state index is 3.76. The summed E-state index contributed by atoms with van der Waals surface area (Å²) in [4.78, 5) is 0.607. The van der Waals surface area contributed by atoms with Crippen molar-refractivity contribution < 1.29 is 0 Å². The molecule has 0 aliphatic rings. The van der Waals surface area contributed by atoms with E-state index in [0.29, 0.717) is 4.83 Å². The second kappa shape index (κ2) is 5.55. The lowest BCUT2D eigenvalue weighted by atomic mass is 9.98. The molecule has 0 amide bonds. The zero-order valence-electron chi connectivity index (χ0n) is 9.26. The van der Waals surface area contributed by atoms with Crippen molar-refractivity contribution in [1.29, 1.82) is 0 Å². The molecule has 0 bridgehead atoms. The molecular formula is C13H19Br. The number of rotatable bonds is 4. The summed E-state index contributed by atoms with van der Waals surface area (Å²) in [6.45, 7) is 6.67. The van der Waals surface area contributed by atoms with Crippen molar-refractivity contribution in [2.75, 3.05) is 0 Å². The van der Waals surface area contributed by atoms with Crippen molar-refractivity contribution in [2.45, 2.75) is 38.4 Å². The fraction of sp³-hybridized carbons (Fsp3) is 0.538. The smallest absolute Gasteiger partial charge is 0.0211 e. The van der Waals surface area contributed by atoms with Crippen LogP contribution in [0.5, 0.6) is 0 Å². The lowest BCUT2D eigenvalue weighted by Crippen LogP contribution is -2.12. The maximum absolute atomic E-state index is 3.76. The lowest BCUT2D eigenvalue weighted by molar-refractivity contribution is 0.538. The van der Waals surface area contributed by atoms with E-state index in [4.69, 9.17) is 0 Å². The summed E-state index contributed by atoms with van der Waals surface area (Å²) < 4.78 is 0. The largest absolute Gasteiger partial charge is 0.0884 e. The van der Waals surface area contributed by atoms with Crippen LogP contribution in [-0.4, -0.2) is 4.83 Å². The Labute approximate surface area is 95.9 Å². The molecule has 0 N–H and O–H groups in total. The molecule has 2 unspecified atom stereocenters. The van der Waals surface area contributed by atoms with Gasteiger partial charge >= 0.3 is 0 Å². The Balaban J connectivity index is 2.56. The number of halogens is 1. The summed E-state index contributed by atoms with van der Waals surface area (Å²) >= 11 is 3.76. The van der Waals surface area contributed by atoms with Gasteiger partial charge in [0.1, 0.15) is 0 Å². The Bertz CT molecular complexity index is 263. The van der Waals surface area contributed by atoms with Gasteiger partial charge in [0, 0.05) is 4.83 Å². The van der Waals surface area contributed by atoms with E-state index in [1.54, 1.807) is 0 Å². The van der Waals surface area contributed by atoms with Crippen molar-refractivity contribution in [2.24, 2.45) is 5.92 Å². The average molecular weight is 255 g/mol. The molecule has 0 radical (unpaired) electrons. The zero-order chi connectivity index (χ0) is 10.6. The van der Waals surface area contributed by atoms with Crippen LogP contribution in [0.2, 0.25) is 0 Å². The second-order valence-electron chi connectivity index (χ2n) is 4.09. The topological polar surface area (TPSA) is 0 Å². The third-order valence-electron chi connectivity index (χ3n) is 2.81. The van der Waals surface area contributed by atoms with Crippen molar-refractivity contribution >= 4 is 15.9 Å². The summed E-state index contributed by atoms with van der Waals surface area (Å²) in [5.74, 6) is 0.747. The molecule has 1 heteroatoms. The van der Waals surface area contributed by atoms with Gasteiger partial charge in [0.05, 0.1) is 0 Å². The van der Waals surface area contributed by atoms with Gasteiger partial charge in [-0.05, 0) is 24.8 Å². The van der Waals surface area contributed by atoms with E-state index in [-0.39, 0.29) is 0 Å². The van der Waals surface area contributed by atoms with Gasteiger partial charge in [0.25, 0.3) is 0 Å². The van der Waals surface area contributed by atoms with Gasteiger partial charge in [-0.2, -0.15) is 0 Å². The predicted molar refractivity (Wildman–Crippen MR) is 67.1 cm³/mol. The van der Waals surface area contributed by atoms with Crippen LogP contribution in [0.15, 0.2) is 24.3 Å². The fourth-order valence-electron chi connectivity index (χ4n) is 1.41. The Morgan fingerprint density at radius 2 is 1.79 bits per heavy atom. The molecule has 0 aliphatic heterocycles. The minimum Gasteiger partial charge on any atom is -0.0884 e. The molecule has 78 valence electrons. The summed E-state index contributed by atoms with van der Waals surface area (Å²) in [6.07, 6.45) is 2.37. The standard InChI is InChI=1S/C13H19Br/c1-4-11(3)13(14)9-12-7-5-10(2)6-8-12/h5-8,11,13H,4,9H2,1-3H3. The van der Waals surface area contributed by atoms with Crippen LogP contribution >= 0.6 is 15.9 Å². The van der Waals surface area contributed by atoms with Gasteiger partial charge in [0.2, 0.25) is 0 Å². The SMILES string of the molecule is CCC(C)C(Br)Cc1ccc(C)cc1.